The van der Waals surface area contributed by atoms with Crippen LogP contribution in [0.2, 0.25) is 0 Å². The van der Waals surface area contributed by atoms with Crippen molar-refractivity contribution in [2.75, 3.05) is 0 Å². The molecule has 2 aromatic rings. The topological polar surface area (TPSA) is 0 Å². The fraction of sp³-hybridized carbons (Fsp3) is 0.304. The minimum absolute atomic E-state index is 0. The number of hydrogen-bond donors (Lipinski definition) is 0. The summed E-state index contributed by atoms with van der Waals surface area (Å²) < 4.78 is 27.8. The van der Waals surface area contributed by atoms with Crippen LogP contribution in [0.15, 0.2) is 49.1 Å². The first kappa shape index (κ1) is 30.4. The molecule has 0 amide bonds. The van der Waals surface area contributed by atoms with E-state index in [1.165, 1.54) is 31.2 Å². The van der Waals surface area contributed by atoms with Crippen LogP contribution in [-0.2, 0) is 51.3 Å². The molecule has 1 aliphatic carbocycles. The Bertz CT molecular complexity index is 718. The summed E-state index contributed by atoms with van der Waals surface area (Å²) in [5.41, 5.74) is 2.69. The summed E-state index contributed by atoms with van der Waals surface area (Å²) in [6.45, 7) is 8.62. The first-order valence-corrected chi connectivity index (χ1v) is 9.50. The predicted molar refractivity (Wildman–Crippen MR) is 115 cm³/mol. The van der Waals surface area contributed by atoms with E-state index in [1.807, 2.05) is 12.1 Å². The van der Waals surface area contributed by atoms with E-state index in [1.54, 1.807) is 19.1 Å². The molecule has 0 aliphatic heterocycles. The number of halogens is 2. The van der Waals surface area contributed by atoms with Crippen LogP contribution in [0.5, 0.6) is 0 Å². The summed E-state index contributed by atoms with van der Waals surface area (Å²) in [7, 11) is 2.17. The van der Waals surface area contributed by atoms with E-state index in [4.69, 9.17) is 0 Å². The van der Waals surface area contributed by atoms with Crippen molar-refractivity contribution in [1.82, 2.24) is 0 Å². The van der Waals surface area contributed by atoms with Gasteiger partial charge in [-0.1, -0.05) is 42.5 Å². The Labute approximate surface area is 210 Å². The van der Waals surface area contributed by atoms with Gasteiger partial charge in [0.1, 0.15) is 0 Å². The third-order valence-corrected chi connectivity index (χ3v) is 5.07. The zero-order chi connectivity index (χ0) is 18.4. The normalized spacial score (nSPS) is 17.6. The third-order valence-electron chi connectivity index (χ3n) is 5.07. The van der Waals surface area contributed by atoms with Crippen LogP contribution >= 0.6 is 9.24 Å². The fourth-order valence-electron chi connectivity index (χ4n) is 3.49. The zero-order valence-corrected chi connectivity index (χ0v) is 22.2. The van der Waals surface area contributed by atoms with Crippen LogP contribution in [0.3, 0.4) is 0 Å². The Balaban J connectivity index is -0.00000109. The second-order valence-electron chi connectivity index (χ2n) is 6.53. The molecule has 1 atom stereocenters. The quantitative estimate of drug-likeness (QED) is 0.222. The van der Waals surface area contributed by atoms with Crippen molar-refractivity contribution in [2.24, 2.45) is 5.92 Å². The van der Waals surface area contributed by atoms with Crippen molar-refractivity contribution >= 4 is 9.24 Å². The number of hydrogen-bond acceptors (Lipinski definition) is 0. The molecule has 1 saturated carbocycles. The summed E-state index contributed by atoms with van der Waals surface area (Å²) in [5.74, 6) is -0.298. The number of aryl methyl sites for hydroxylation is 1. The van der Waals surface area contributed by atoms with E-state index in [2.05, 4.69) is 40.7 Å². The van der Waals surface area contributed by atoms with Crippen LogP contribution in [0.4, 0.5) is 8.78 Å². The van der Waals surface area contributed by atoms with E-state index in [9.17, 15) is 8.78 Å². The number of benzene rings is 2. The SMILES string of the molecule is C=CC1CCC(c2ccc(-c3ccc(C)c(F)c3F)cc2)CC1.[CH2-]P.[CH3-].[HH].[V].[Y]. The monoisotopic (exact) mass is 516 g/mol. The van der Waals surface area contributed by atoms with Gasteiger partial charge in [0.25, 0.3) is 0 Å². The van der Waals surface area contributed by atoms with E-state index in [0.717, 1.165) is 5.56 Å². The van der Waals surface area contributed by atoms with Crippen LogP contribution in [0, 0.1) is 38.6 Å². The summed E-state index contributed by atoms with van der Waals surface area (Å²) in [6.07, 6.45) is 6.78. The van der Waals surface area contributed by atoms with Gasteiger partial charge in [0.05, 0.1) is 0 Å². The third kappa shape index (κ3) is 7.44. The number of rotatable bonds is 3. The van der Waals surface area contributed by atoms with Crippen LogP contribution in [0.1, 0.15) is 44.2 Å². The maximum Gasteiger partial charge on any atom is 0.166 e. The largest absolute Gasteiger partial charge is 0.358 e. The summed E-state index contributed by atoms with van der Waals surface area (Å²) in [4.78, 5) is 0. The van der Waals surface area contributed by atoms with Gasteiger partial charge >= 0.3 is 0 Å². The molecule has 0 N–H and O–H groups in total. The minimum Gasteiger partial charge on any atom is -0.358 e. The van der Waals surface area contributed by atoms with Gasteiger partial charge < -0.3 is 23.3 Å². The fourth-order valence-corrected chi connectivity index (χ4v) is 3.49. The minimum atomic E-state index is -0.760. The smallest absolute Gasteiger partial charge is 0.166 e. The van der Waals surface area contributed by atoms with Crippen molar-refractivity contribution in [3.63, 3.8) is 0 Å². The van der Waals surface area contributed by atoms with Crippen LogP contribution in [-0.4, -0.2) is 0 Å². The van der Waals surface area contributed by atoms with E-state index in [-0.39, 0.29) is 60.1 Å². The van der Waals surface area contributed by atoms with Crippen LogP contribution in [0.25, 0.3) is 11.1 Å². The van der Waals surface area contributed by atoms with E-state index < -0.39 is 11.6 Å². The molecule has 0 aromatic heterocycles. The van der Waals surface area contributed by atoms with Crippen molar-refractivity contribution < 1.29 is 61.5 Å². The molecule has 1 aliphatic rings. The van der Waals surface area contributed by atoms with Gasteiger partial charge in [-0.25, -0.2) is 8.78 Å². The average Bonchev–Trinajstić information content (AvgIpc) is 2.68. The molecule has 0 spiro atoms. The molecule has 1 unspecified atom stereocenters. The Morgan fingerprint density at radius 2 is 1.54 bits per heavy atom. The Hall–Kier alpha value is 0.158. The van der Waals surface area contributed by atoms with Gasteiger partial charge in [-0.3, -0.25) is 0 Å². The average molecular weight is 516 g/mol. The van der Waals surface area contributed by atoms with E-state index >= 15 is 0 Å². The van der Waals surface area contributed by atoms with Crippen molar-refractivity contribution in [3.05, 3.63) is 85.9 Å². The van der Waals surface area contributed by atoms with Crippen molar-refractivity contribution in [1.29, 1.82) is 0 Å². The molecule has 0 bridgehead atoms. The molecule has 0 nitrogen and oxygen atoms in total. The molecule has 0 heterocycles. The van der Waals surface area contributed by atoms with Gasteiger partial charge in [0.15, 0.2) is 11.6 Å². The molecule has 3 rings (SSSR count). The molecular weight excluding hydrogens is 485 g/mol. The van der Waals surface area contributed by atoms with E-state index in [0.29, 0.717) is 23.0 Å². The maximum absolute atomic E-state index is 14.1. The standard InChI is InChI=1S/C21H22F2.CH4P.CH3.V.Y.H2/c1-3-15-5-7-16(8-6-15)17-9-11-18(12-10-17)19-13-4-14(2)20(22)21(19)23;1-2;;;;/h3-4,9-13,15-16H,1,5-8H2,2H3;1-2H2;1H3;;;1H/q;2*-1;;;. The molecule has 5 heteroatoms. The first-order valence-electron chi connectivity index (χ1n) is 8.68. The predicted octanol–water partition coefficient (Wildman–Crippen LogP) is 7.74. The Morgan fingerprint density at radius 3 is 2.04 bits per heavy atom. The van der Waals surface area contributed by atoms with Crippen LogP contribution < -0.4 is 0 Å². The van der Waals surface area contributed by atoms with Crippen molar-refractivity contribution in [2.45, 2.75) is 38.5 Å². The van der Waals surface area contributed by atoms with Gasteiger partial charge in [-0.15, -0.1) is 6.58 Å². The molecule has 2 radical (unpaired) electrons. The molecule has 2 aromatic carbocycles. The summed E-state index contributed by atoms with van der Waals surface area (Å²) in [6, 6.07) is 11.2. The maximum atomic E-state index is 14.1. The molecule has 1 fully saturated rings. The Kier molecular flexibility index (Phi) is 16.3. The zero-order valence-electron chi connectivity index (χ0n) is 16.8. The molecule has 28 heavy (non-hydrogen) atoms. The summed E-state index contributed by atoms with van der Waals surface area (Å²) >= 11 is 0. The molecule has 152 valence electrons. The van der Waals surface area contributed by atoms with Gasteiger partial charge in [0.2, 0.25) is 0 Å². The first-order chi connectivity index (χ1) is 12.1. The second-order valence-corrected chi connectivity index (χ2v) is 6.53. The molecule has 0 saturated heterocycles. The van der Waals surface area contributed by atoms with Gasteiger partial charge in [-0.05, 0) is 61.1 Å². The second kappa shape index (κ2) is 15.0. The van der Waals surface area contributed by atoms with Gasteiger partial charge in [0, 0.05) is 58.3 Å². The van der Waals surface area contributed by atoms with Gasteiger partial charge in [-0.2, -0.15) is 0 Å². The van der Waals surface area contributed by atoms with Crippen molar-refractivity contribution in [3.8, 4) is 11.1 Å². The Morgan fingerprint density at radius 1 is 1.00 bits per heavy atom. The molecular formula is C23H31F2PVY-2. The summed E-state index contributed by atoms with van der Waals surface area (Å²) in [5, 5.41) is 0. The number of allylic oxidation sites excluding steroid dienone is 1.